The summed E-state index contributed by atoms with van der Waals surface area (Å²) in [6.45, 7) is 12.5. The zero-order valence-corrected chi connectivity index (χ0v) is 26.8. The van der Waals surface area contributed by atoms with Crippen molar-refractivity contribution in [1.29, 1.82) is 0 Å². The standard InChI is InChI=1S/C34H35N2O2S.C4H8/c1-23-20-27(8-9-28(23)22-35(2)3)33(37)32-30-15-12-26(24-6-7-24)21-31(30)39-34(32)25-10-13-29(14-11-25)38-19-18-36-16-4-5-17-36;1-3-4-2/h6-15,20-21H,4-5,16-19,22H2,1-3H3;3H,1,4H2,2H3. The molecule has 0 amide bonds. The first-order chi connectivity index (χ1) is 20.9. The molecule has 1 saturated heterocycles. The molecule has 1 aromatic heterocycles. The number of carbonyl (C=O) groups excluding carboxylic acids is 1. The molecule has 4 nitrogen and oxygen atoms in total. The van der Waals surface area contributed by atoms with E-state index in [4.69, 9.17) is 4.74 Å². The van der Waals surface area contributed by atoms with Crippen molar-refractivity contribution in [2.24, 2.45) is 0 Å². The van der Waals surface area contributed by atoms with Crippen LogP contribution in [0, 0.1) is 13.3 Å². The second-order valence-corrected chi connectivity index (χ2v) is 12.7. The molecule has 1 aliphatic carbocycles. The van der Waals surface area contributed by atoms with E-state index >= 15 is 0 Å². The highest BCUT2D eigenvalue weighted by atomic mass is 32.1. The number of ether oxygens (including phenoxy) is 1. The highest BCUT2D eigenvalue weighted by Crippen LogP contribution is 2.42. The van der Waals surface area contributed by atoms with Crippen molar-refractivity contribution in [3.63, 3.8) is 0 Å². The molecule has 0 unspecified atom stereocenters. The fourth-order valence-electron chi connectivity index (χ4n) is 5.44. The van der Waals surface area contributed by atoms with Crippen LogP contribution in [0.2, 0.25) is 0 Å². The topological polar surface area (TPSA) is 32.8 Å². The molecule has 223 valence electrons. The molecular weight excluding hydrogens is 548 g/mol. The second-order valence-electron chi connectivity index (χ2n) is 11.6. The lowest BCUT2D eigenvalue weighted by molar-refractivity contribution is 0.104. The van der Waals surface area contributed by atoms with Crippen molar-refractivity contribution in [2.75, 3.05) is 40.3 Å². The smallest absolute Gasteiger partial charge is 0.195 e. The molecule has 0 N–H and O–H groups in total. The van der Waals surface area contributed by atoms with E-state index in [9.17, 15) is 4.79 Å². The Bertz CT molecular complexity index is 1610. The lowest BCUT2D eigenvalue weighted by atomic mass is 9.94. The van der Waals surface area contributed by atoms with E-state index in [-0.39, 0.29) is 5.78 Å². The highest BCUT2D eigenvalue weighted by Gasteiger charge is 2.23. The van der Waals surface area contributed by atoms with Gasteiger partial charge in [0.25, 0.3) is 0 Å². The summed E-state index contributed by atoms with van der Waals surface area (Å²) >= 11 is 1.70. The van der Waals surface area contributed by atoms with E-state index in [2.05, 4.69) is 93.2 Å². The number of hydrogen-bond acceptors (Lipinski definition) is 5. The van der Waals surface area contributed by atoms with Crippen LogP contribution >= 0.6 is 11.3 Å². The van der Waals surface area contributed by atoms with Gasteiger partial charge in [-0.3, -0.25) is 9.69 Å². The quantitative estimate of drug-likeness (QED) is 0.129. The zero-order valence-electron chi connectivity index (χ0n) is 26.0. The van der Waals surface area contributed by atoms with Crippen LogP contribution in [0.4, 0.5) is 0 Å². The number of fused-ring (bicyclic) bond motifs is 1. The fourth-order valence-corrected chi connectivity index (χ4v) is 6.68. The molecule has 5 heteroatoms. The Labute approximate surface area is 261 Å². The van der Waals surface area contributed by atoms with Crippen LogP contribution in [0.25, 0.3) is 26.1 Å². The van der Waals surface area contributed by atoms with Gasteiger partial charge in [0.05, 0.1) is 0 Å². The molecule has 2 heterocycles. The van der Waals surface area contributed by atoms with Crippen LogP contribution in [0.5, 0.6) is 5.75 Å². The number of allylic oxidation sites excluding steroid dienone is 3. The normalized spacial score (nSPS) is 14.4. The van der Waals surface area contributed by atoms with Crippen molar-refractivity contribution >= 4 is 32.8 Å². The van der Waals surface area contributed by atoms with Crippen molar-refractivity contribution in [3.8, 4) is 16.2 Å². The second kappa shape index (κ2) is 14.3. The van der Waals surface area contributed by atoms with Crippen LogP contribution < -0.4 is 4.74 Å². The maximum atomic E-state index is 14.1. The summed E-state index contributed by atoms with van der Waals surface area (Å²) in [6.07, 6.45) is 9.80. The minimum Gasteiger partial charge on any atom is -0.492 e. The number of aryl methyl sites for hydroxylation is 1. The van der Waals surface area contributed by atoms with Crippen molar-refractivity contribution in [1.82, 2.24) is 9.80 Å². The Morgan fingerprint density at radius 1 is 1.02 bits per heavy atom. The van der Waals surface area contributed by atoms with Crippen molar-refractivity contribution in [3.05, 3.63) is 114 Å². The molecule has 0 bridgehead atoms. The van der Waals surface area contributed by atoms with Crippen LogP contribution in [-0.2, 0) is 6.54 Å². The molecule has 0 atom stereocenters. The average molecular weight is 592 g/mol. The molecule has 1 fully saturated rings. The molecule has 0 saturated carbocycles. The van der Waals surface area contributed by atoms with E-state index in [0.29, 0.717) is 6.61 Å². The molecule has 4 aromatic rings. The van der Waals surface area contributed by atoms with Gasteiger partial charge in [-0.05, 0) is 118 Å². The average Bonchev–Trinajstić information content (AvgIpc) is 3.60. The number of thiophene rings is 1. The first-order valence-electron chi connectivity index (χ1n) is 15.3. The van der Waals surface area contributed by atoms with Gasteiger partial charge in [0.15, 0.2) is 5.78 Å². The zero-order chi connectivity index (χ0) is 30.3. The number of ketones is 1. The Balaban J connectivity index is 0.000000868. The van der Waals surface area contributed by atoms with Gasteiger partial charge in [0.2, 0.25) is 0 Å². The van der Waals surface area contributed by atoms with Gasteiger partial charge >= 0.3 is 0 Å². The summed E-state index contributed by atoms with van der Waals surface area (Å²) in [6, 6.07) is 20.9. The molecule has 6 rings (SSSR count). The maximum Gasteiger partial charge on any atom is 0.195 e. The van der Waals surface area contributed by atoms with Gasteiger partial charge < -0.3 is 9.64 Å². The SMILES string of the molecule is C=CCC.Cc1cc(C(=O)c2c(-c3ccc(OCCN4CCCC4)cc3)sc3cc(C4=C[CH]4)ccc23)ccc1CN(C)C. The summed E-state index contributed by atoms with van der Waals surface area (Å²) in [5.41, 5.74) is 7.43. The third-order valence-electron chi connectivity index (χ3n) is 7.96. The van der Waals surface area contributed by atoms with Gasteiger partial charge in [-0.25, -0.2) is 0 Å². The van der Waals surface area contributed by atoms with E-state index in [1.165, 1.54) is 42.6 Å². The number of likely N-dealkylation sites (tertiary alicyclic amines) is 1. The van der Waals surface area contributed by atoms with Crippen LogP contribution in [0.15, 0.2) is 79.4 Å². The monoisotopic (exact) mass is 591 g/mol. The first kappa shape index (κ1) is 30.9. The van der Waals surface area contributed by atoms with Gasteiger partial charge in [0.1, 0.15) is 12.4 Å². The minimum absolute atomic E-state index is 0.0756. The molecule has 1 radical (unpaired) electrons. The fraction of sp³-hybridized carbons (Fsp3) is 0.316. The molecular formula is C38H43N2O2S. The Morgan fingerprint density at radius 2 is 1.72 bits per heavy atom. The summed E-state index contributed by atoms with van der Waals surface area (Å²) in [5, 5.41) is 1.02. The number of hydrogen-bond donors (Lipinski definition) is 0. The van der Waals surface area contributed by atoms with Crippen LogP contribution in [-0.4, -0.2) is 55.9 Å². The van der Waals surface area contributed by atoms with Gasteiger partial charge in [-0.1, -0.05) is 43.3 Å². The minimum atomic E-state index is 0.0756. The van der Waals surface area contributed by atoms with E-state index in [1.54, 1.807) is 11.3 Å². The van der Waals surface area contributed by atoms with Gasteiger partial charge in [0, 0.05) is 45.6 Å². The Hall–Kier alpha value is -3.51. The van der Waals surface area contributed by atoms with Gasteiger partial charge in [-0.15, -0.1) is 17.9 Å². The van der Waals surface area contributed by atoms with Crippen molar-refractivity contribution in [2.45, 2.75) is 39.7 Å². The predicted molar refractivity (Wildman–Crippen MR) is 183 cm³/mol. The number of carbonyl (C=O) groups is 1. The lowest BCUT2D eigenvalue weighted by Crippen LogP contribution is -2.25. The van der Waals surface area contributed by atoms with E-state index < -0.39 is 0 Å². The third kappa shape index (κ3) is 7.72. The first-order valence-corrected chi connectivity index (χ1v) is 16.2. The Morgan fingerprint density at radius 3 is 2.35 bits per heavy atom. The van der Waals surface area contributed by atoms with E-state index in [0.717, 1.165) is 62.5 Å². The van der Waals surface area contributed by atoms with E-state index in [1.807, 2.05) is 30.3 Å². The summed E-state index contributed by atoms with van der Waals surface area (Å²) < 4.78 is 7.19. The highest BCUT2D eigenvalue weighted by molar-refractivity contribution is 7.22. The molecule has 3 aromatic carbocycles. The van der Waals surface area contributed by atoms with Crippen molar-refractivity contribution < 1.29 is 9.53 Å². The molecule has 43 heavy (non-hydrogen) atoms. The van der Waals surface area contributed by atoms with Crippen LogP contribution in [0.3, 0.4) is 0 Å². The van der Waals surface area contributed by atoms with Gasteiger partial charge in [-0.2, -0.15) is 0 Å². The summed E-state index contributed by atoms with van der Waals surface area (Å²) in [7, 11) is 4.13. The molecule has 2 aliphatic rings. The number of rotatable bonds is 11. The lowest BCUT2D eigenvalue weighted by Gasteiger charge is -2.15. The largest absolute Gasteiger partial charge is 0.492 e. The predicted octanol–water partition coefficient (Wildman–Crippen LogP) is 8.83. The molecule has 0 spiro atoms. The summed E-state index contributed by atoms with van der Waals surface area (Å²) in [5.74, 6) is 0.948. The molecule has 1 aliphatic heterocycles. The number of nitrogens with zero attached hydrogens (tertiary/aromatic N) is 2. The Kier molecular flexibility index (Phi) is 10.3. The van der Waals surface area contributed by atoms with Crippen LogP contribution in [0.1, 0.15) is 58.8 Å². The third-order valence-corrected chi connectivity index (χ3v) is 9.16. The number of benzene rings is 3. The summed E-state index contributed by atoms with van der Waals surface area (Å²) in [4.78, 5) is 19.7. The maximum absolute atomic E-state index is 14.1.